The van der Waals surface area contributed by atoms with E-state index in [1.165, 1.54) is 25.9 Å². The van der Waals surface area contributed by atoms with Crippen molar-refractivity contribution in [3.8, 4) is 0 Å². The van der Waals surface area contributed by atoms with Crippen LogP contribution >= 0.6 is 0 Å². The van der Waals surface area contributed by atoms with Crippen molar-refractivity contribution >= 4 is 16.8 Å². The third-order valence-electron chi connectivity index (χ3n) is 6.25. The van der Waals surface area contributed by atoms with Gasteiger partial charge in [0.2, 0.25) is 0 Å². The largest absolute Gasteiger partial charge is 0.392 e. The predicted octanol–water partition coefficient (Wildman–Crippen LogP) is 1.68. The molecule has 1 atom stereocenters. The Morgan fingerprint density at radius 1 is 1.12 bits per heavy atom. The molecule has 0 aliphatic carbocycles. The van der Waals surface area contributed by atoms with Crippen LogP contribution in [0.3, 0.4) is 0 Å². The Morgan fingerprint density at radius 3 is 2.67 bits per heavy atom. The molecule has 0 spiro atoms. The Labute approximate surface area is 141 Å². The van der Waals surface area contributed by atoms with E-state index in [2.05, 4.69) is 14.4 Å². The van der Waals surface area contributed by atoms with E-state index in [1.807, 2.05) is 24.4 Å². The Bertz CT molecular complexity index is 804. The molecule has 4 aliphatic heterocycles. The van der Waals surface area contributed by atoms with Crippen LogP contribution < -0.4 is 0 Å². The number of fused-ring (bicyclic) bond motifs is 3. The first-order chi connectivity index (χ1) is 11.8. The van der Waals surface area contributed by atoms with Gasteiger partial charge in [0.25, 0.3) is 5.91 Å². The molecular formula is C19H23N3O2. The van der Waals surface area contributed by atoms with E-state index in [-0.39, 0.29) is 12.5 Å². The lowest BCUT2D eigenvalue weighted by Gasteiger charge is -2.48. The summed E-state index contributed by atoms with van der Waals surface area (Å²) in [6, 6.07) is 6.26. The highest BCUT2D eigenvalue weighted by Crippen LogP contribution is 2.34. The summed E-state index contributed by atoms with van der Waals surface area (Å²) in [7, 11) is 0. The molecule has 3 saturated heterocycles. The number of hydrogen-bond acceptors (Lipinski definition) is 3. The van der Waals surface area contributed by atoms with Gasteiger partial charge in [-0.15, -0.1) is 0 Å². The van der Waals surface area contributed by atoms with Crippen LogP contribution in [0, 0.1) is 5.92 Å². The smallest absolute Gasteiger partial charge is 0.256 e. The molecule has 5 heterocycles. The molecule has 24 heavy (non-hydrogen) atoms. The minimum atomic E-state index is 0.0184. The van der Waals surface area contributed by atoms with E-state index in [1.54, 1.807) is 0 Å². The fourth-order valence-corrected chi connectivity index (χ4v) is 4.98. The van der Waals surface area contributed by atoms with Gasteiger partial charge >= 0.3 is 0 Å². The molecule has 1 unspecified atom stereocenters. The van der Waals surface area contributed by atoms with E-state index in [9.17, 15) is 9.90 Å². The quantitative estimate of drug-likeness (QED) is 0.914. The van der Waals surface area contributed by atoms with Gasteiger partial charge in [-0.2, -0.15) is 0 Å². The maximum absolute atomic E-state index is 13.3. The van der Waals surface area contributed by atoms with E-state index < -0.39 is 0 Å². The van der Waals surface area contributed by atoms with Crippen molar-refractivity contribution in [2.24, 2.45) is 5.92 Å². The number of piperidine rings is 3. The Balaban J connectivity index is 1.57. The fraction of sp³-hybridized carbons (Fsp3) is 0.526. The maximum atomic E-state index is 13.3. The second-order valence-electron chi connectivity index (χ2n) is 7.41. The Hall–Kier alpha value is -1.85. The number of benzene rings is 1. The van der Waals surface area contributed by atoms with E-state index >= 15 is 0 Å². The minimum Gasteiger partial charge on any atom is -0.392 e. The van der Waals surface area contributed by atoms with Crippen molar-refractivity contribution in [2.75, 3.05) is 26.2 Å². The summed E-state index contributed by atoms with van der Waals surface area (Å²) >= 11 is 0. The number of amides is 1. The molecular weight excluding hydrogens is 302 g/mol. The molecule has 126 valence electrons. The standard InChI is InChI=1S/C19H23N3O2/c23-12-14-10-21-8-9-22(17-11-20-6-4-13(17)5-7-20)19(24)16-3-1-2-15(14)18(16)21/h1-3,10,13,17,23H,4-9,11-12H2. The molecule has 1 aromatic carbocycles. The number of hydrogen-bond donors (Lipinski definition) is 1. The topological polar surface area (TPSA) is 48.7 Å². The van der Waals surface area contributed by atoms with Gasteiger partial charge in [-0.25, -0.2) is 0 Å². The average molecular weight is 325 g/mol. The highest BCUT2D eigenvalue weighted by Gasteiger charge is 2.40. The zero-order valence-electron chi connectivity index (χ0n) is 13.8. The molecule has 6 rings (SSSR count). The molecule has 5 nitrogen and oxygen atoms in total. The SMILES string of the molecule is O=C1c2cccc3c(CO)cn(c23)CCN1C1CN2CCC1CC2. The molecule has 1 N–H and O–H groups in total. The van der Waals surface area contributed by atoms with Crippen LogP contribution in [0.15, 0.2) is 24.4 Å². The van der Waals surface area contributed by atoms with Crippen LogP contribution in [0.2, 0.25) is 0 Å². The molecule has 1 amide bonds. The molecule has 0 saturated carbocycles. The first kappa shape index (κ1) is 14.5. The number of aliphatic hydroxyl groups excluding tert-OH is 1. The van der Waals surface area contributed by atoms with Gasteiger partial charge in [-0.05, 0) is 37.9 Å². The highest BCUT2D eigenvalue weighted by molar-refractivity contribution is 6.07. The Morgan fingerprint density at radius 2 is 1.96 bits per heavy atom. The second-order valence-corrected chi connectivity index (χ2v) is 7.41. The van der Waals surface area contributed by atoms with E-state index in [0.29, 0.717) is 12.0 Å². The normalized spacial score (nSPS) is 29.3. The fourth-order valence-electron chi connectivity index (χ4n) is 4.98. The summed E-state index contributed by atoms with van der Waals surface area (Å²) in [6.07, 6.45) is 4.46. The van der Waals surface area contributed by atoms with Gasteiger partial charge in [0.15, 0.2) is 0 Å². The zero-order chi connectivity index (χ0) is 16.3. The number of aromatic nitrogens is 1. The van der Waals surface area contributed by atoms with Gasteiger partial charge in [0.05, 0.1) is 17.7 Å². The lowest BCUT2D eigenvalue weighted by Crippen LogP contribution is -2.58. The molecule has 2 aromatic rings. The number of carbonyl (C=O) groups excluding carboxylic acids is 1. The number of aliphatic hydroxyl groups is 1. The van der Waals surface area contributed by atoms with E-state index in [4.69, 9.17) is 0 Å². The molecule has 2 bridgehead atoms. The van der Waals surface area contributed by atoms with Crippen LogP contribution in [0.4, 0.5) is 0 Å². The van der Waals surface area contributed by atoms with Gasteiger partial charge < -0.3 is 19.5 Å². The minimum absolute atomic E-state index is 0.0184. The summed E-state index contributed by atoms with van der Waals surface area (Å²) in [5.41, 5.74) is 2.70. The number of nitrogens with zero attached hydrogens (tertiary/aromatic N) is 3. The zero-order valence-corrected chi connectivity index (χ0v) is 13.8. The third kappa shape index (κ3) is 1.98. The van der Waals surface area contributed by atoms with Crippen molar-refractivity contribution in [3.63, 3.8) is 0 Å². The van der Waals surface area contributed by atoms with Crippen LogP contribution in [0.5, 0.6) is 0 Å². The monoisotopic (exact) mass is 325 g/mol. The Kier molecular flexibility index (Phi) is 3.22. The third-order valence-corrected chi connectivity index (χ3v) is 6.25. The average Bonchev–Trinajstić information content (AvgIpc) is 2.93. The highest BCUT2D eigenvalue weighted by atomic mass is 16.3. The van der Waals surface area contributed by atoms with Crippen molar-refractivity contribution in [1.82, 2.24) is 14.4 Å². The summed E-state index contributed by atoms with van der Waals surface area (Å²) in [6.45, 7) is 5.00. The summed E-state index contributed by atoms with van der Waals surface area (Å²) in [4.78, 5) is 18.0. The van der Waals surface area contributed by atoms with Gasteiger partial charge in [0.1, 0.15) is 0 Å². The van der Waals surface area contributed by atoms with Gasteiger partial charge in [-0.3, -0.25) is 4.79 Å². The van der Waals surface area contributed by atoms with Crippen molar-refractivity contribution in [2.45, 2.75) is 32.0 Å². The van der Waals surface area contributed by atoms with Gasteiger partial charge in [0, 0.05) is 42.8 Å². The number of para-hydroxylation sites is 1. The van der Waals surface area contributed by atoms with Gasteiger partial charge in [-0.1, -0.05) is 12.1 Å². The lowest BCUT2D eigenvalue weighted by molar-refractivity contribution is 0.00726. The maximum Gasteiger partial charge on any atom is 0.256 e. The summed E-state index contributed by atoms with van der Waals surface area (Å²) in [5, 5.41) is 10.6. The molecule has 3 fully saturated rings. The van der Waals surface area contributed by atoms with Crippen LogP contribution in [0.25, 0.3) is 10.9 Å². The van der Waals surface area contributed by atoms with Crippen molar-refractivity contribution in [3.05, 3.63) is 35.5 Å². The predicted molar refractivity (Wildman–Crippen MR) is 91.8 cm³/mol. The number of carbonyl (C=O) groups is 1. The van der Waals surface area contributed by atoms with Crippen LogP contribution in [-0.4, -0.2) is 57.6 Å². The van der Waals surface area contributed by atoms with Crippen LogP contribution in [-0.2, 0) is 13.2 Å². The number of rotatable bonds is 2. The molecule has 4 aliphatic rings. The van der Waals surface area contributed by atoms with Crippen LogP contribution in [0.1, 0.15) is 28.8 Å². The molecule has 1 aromatic heterocycles. The first-order valence-electron chi connectivity index (χ1n) is 9.01. The molecule has 0 radical (unpaired) electrons. The summed E-state index contributed by atoms with van der Waals surface area (Å²) < 4.78 is 2.16. The second kappa shape index (κ2) is 5.33. The first-order valence-corrected chi connectivity index (χ1v) is 9.01. The van der Waals surface area contributed by atoms with Crippen molar-refractivity contribution < 1.29 is 9.90 Å². The van der Waals surface area contributed by atoms with Crippen molar-refractivity contribution in [1.29, 1.82) is 0 Å². The molecule has 5 heteroatoms. The summed E-state index contributed by atoms with van der Waals surface area (Å²) in [5.74, 6) is 0.823. The lowest BCUT2D eigenvalue weighted by atomic mass is 9.83. The van der Waals surface area contributed by atoms with E-state index in [0.717, 1.165) is 41.7 Å².